The maximum atomic E-state index is 14.0. The van der Waals surface area contributed by atoms with Gasteiger partial charge in [0.1, 0.15) is 17.7 Å². The number of fused-ring (bicyclic) bond motifs is 1. The van der Waals surface area contributed by atoms with Crippen molar-refractivity contribution >= 4 is 21.6 Å². The Hall–Kier alpha value is -1.55. The SMILES string of the molecule is Cc1cc(C)c2c(c1)NCC(c1cc(Br)ccc1F)O2. The minimum absolute atomic E-state index is 0.242. The number of hydrogen-bond donors (Lipinski definition) is 1. The average molecular weight is 336 g/mol. The largest absolute Gasteiger partial charge is 0.481 e. The minimum atomic E-state index is -0.318. The second-order valence-electron chi connectivity index (χ2n) is 5.11. The molecule has 2 aromatic carbocycles. The van der Waals surface area contributed by atoms with Gasteiger partial charge in [0.05, 0.1) is 12.2 Å². The topological polar surface area (TPSA) is 21.3 Å². The van der Waals surface area contributed by atoms with E-state index in [1.807, 2.05) is 6.92 Å². The van der Waals surface area contributed by atoms with Crippen LogP contribution in [0.4, 0.5) is 10.1 Å². The standard InChI is InChI=1S/C16H15BrFNO/c1-9-5-10(2)16-14(6-9)19-8-15(20-16)12-7-11(17)3-4-13(12)18/h3-7,15,19H,8H2,1-2H3. The number of rotatable bonds is 1. The third-order valence-corrected chi connectivity index (χ3v) is 3.96. The van der Waals surface area contributed by atoms with Crippen molar-refractivity contribution in [3.8, 4) is 5.75 Å². The van der Waals surface area contributed by atoms with Crippen LogP contribution in [0.25, 0.3) is 0 Å². The number of ether oxygens (including phenoxy) is 1. The van der Waals surface area contributed by atoms with Gasteiger partial charge >= 0.3 is 0 Å². The zero-order chi connectivity index (χ0) is 14.3. The van der Waals surface area contributed by atoms with E-state index < -0.39 is 0 Å². The van der Waals surface area contributed by atoms with E-state index >= 15 is 0 Å². The highest BCUT2D eigenvalue weighted by atomic mass is 79.9. The summed E-state index contributed by atoms with van der Waals surface area (Å²) in [5.41, 5.74) is 3.80. The summed E-state index contributed by atoms with van der Waals surface area (Å²) in [7, 11) is 0. The first-order valence-electron chi connectivity index (χ1n) is 6.51. The molecule has 3 rings (SSSR count). The lowest BCUT2D eigenvalue weighted by Crippen LogP contribution is -2.25. The van der Waals surface area contributed by atoms with Crippen molar-refractivity contribution in [2.24, 2.45) is 0 Å². The number of anilines is 1. The van der Waals surface area contributed by atoms with Gasteiger partial charge < -0.3 is 10.1 Å². The molecule has 1 heterocycles. The van der Waals surface area contributed by atoms with E-state index in [4.69, 9.17) is 4.74 Å². The maximum absolute atomic E-state index is 14.0. The fourth-order valence-electron chi connectivity index (χ4n) is 2.56. The Kier molecular flexibility index (Phi) is 3.42. The van der Waals surface area contributed by atoms with Crippen LogP contribution in [0.1, 0.15) is 22.8 Å². The summed E-state index contributed by atoms with van der Waals surface area (Å²) in [5.74, 6) is 0.569. The second kappa shape index (κ2) is 5.09. The highest BCUT2D eigenvalue weighted by Gasteiger charge is 2.25. The Labute approximate surface area is 126 Å². The van der Waals surface area contributed by atoms with Gasteiger partial charge in [0, 0.05) is 10.0 Å². The van der Waals surface area contributed by atoms with Gasteiger partial charge in [-0.25, -0.2) is 4.39 Å². The Balaban J connectivity index is 1.98. The molecular weight excluding hydrogens is 321 g/mol. The van der Waals surface area contributed by atoms with E-state index in [0.717, 1.165) is 21.5 Å². The van der Waals surface area contributed by atoms with E-state index in [0.29, 0.717) is 12.1 Å². The first kappa shape index (κ1) is 13.4. The summed E-state index contributed by atoms with van der Waals surface area (Å²) in [4.78, 5) is 0. The molecule has 2 aromatic rings. The summed E-state index contributed by atoms with van der Waals surface area (Å²) in [5, 5.41) is 3.33. The number of benzene rings is 2. The Bertz CT molecular complexity index is 672. The second-order valence-corrected chi connectivity index (χ2v) is 6.03. The molecule has 1 N–H and O–H groups in total. The van der Waals surface area contributed by atoms with Crippen LogP contribution < -0.4 is 10.1 Å². The van der Waals surface area contributed by atoms with Gasteiger partial charge in [-0.2, -0.15) is 0 Å². The zero-order valence-corrected chi connectivity index (χ0v) is 12.9. The van der Waals surface area contributed by atoms with E-state index in [-0.39, 0.29) is 11.9 Å². The van der Waals surface area contributed by atoms with Gasteiger partial charge in [-0.3, -0.25) is 0 Å². The molecule has 0 aromatic heterocycles. The van der Waals surface area contributed by atoms with Crippen molar-refractivity contribution in [2.45, 2.75) is 20.0 Å². The molecule has 1 aliphatic rings. The smallest absolute Gasteiger partial charge is 0.146 e. The molecule has 4 heteroatoms. The Morgan fingerprint density at radius 1 is 1.25 bits per heavy atom. The lowest BCUT2D eigenvalue weighted by atomic mass is 10.0. The quantitative estimate of drug-likeness (QED) is 0.811. The van der Waals surface area contributed by atoms with Crippen LogP contribution in [-0.4, -0.2) is 6.54 Å². The van der Waals surface area contributed by atoms with Crippen molar-refractivity contribution < 1.29 is 9.13 Å². The first-order chi connectivity index (χ1) is 9.54. The van der Waals surface area contributed by atoms with Gasteiger partial charge in [-0.15, -0.1) is 0 Å². The molecule has 0 saturated carbocycles. The summed E-state index contributed by atoms with van der Waals surface area (Å²) < 4.78 is 20.8. The molecule has 0 radical (unpaired) electrons. The van der Waals surface area contributed by atoms with Crippen LogP contribution in [-0.2, 0) is 0 Å². The van der Waals surface area contributed by atoms with Crippen molar-refractivity contribution in [3.63, 3.8) is 0 Å². The molecule has 0 amide bonds. The predicted octanol–water partition coefficient (Wildman–Crippen LogP) is 4.75. The minimum Gasteiger partial charge on any atom is -0.481 e. The van der Waals surface area contributed by atoms with Crippen molar-refractivity contribution in [3.05, 3.63) is 57.3 Å². The van der Waals surface area contributed by atoms with Gasteiger partial charge in [-0.05, 0) is 49.2 Å². The molecule has 2 nitrogen and oxygen atoms in total. The molecule has 1 unspecified atom stereocenters. The molecule has 1 aliphatic heterocycles. The van der Waals surface area contributed by atoms with E-state index in [1.165, 1.54) is 11.6 Å². The monoisotopic (exact) mass is 335 g/mol. The number of halogens is 2. The van der Waals surface area contributed by atoms with Crippen LogP contribution in [0.3, 0.4) is 0 Å². The molecule has 0 saturated heterocycles. The lowest BCUT2D eigenvalue weighted by molar-refractivity contribution is 0.204. The predicted molar refractivity (Wildman–Crippen MR) is 81.9 cm³/mol. The molecule has 104 valence electrons. The number of hydrogen-bond acceptors (Lipinski definition) is 2. The normalized spacial score (nSPS) is 17.1. The van der Waals surface area contributed by atoms with Crippen LogP contribution >= 0.6 is 15.9 Å². The molecule has 0 spiro atoms. The average Bonchev–Trinajstić information content (AvgIpc) is 2.41. The van der Waals surface area contributed by atoms with Gasteiger partial charge in [-0.1, -0.05) is 22.0 Å². The molecule has 20 heavy (non-hydrogen) atoms. The van der Waals surface area contributed by atoms with E-state index in [1.54, 1.807) is 12.1 Å². The van der Waals surface area contributed by atoms with Crippen molar-refractivity contribution in [1.82, 2.24) is 0 Å². The fraction of sp³-hybridized carbons (Fsp3) is 0.250. The third kappa shape index (κ3) is 2.40. The molecule has 1 atom stereocenters. The molecule has 0 fully saturated rings. The third-order valence-electron chi connectivity index (χ3n) is 3.46. The Morgan fingerprint density at radius 3 is 2.85 bits per heavy atom. The molecule has 0 bridgehead atoms. The summed E-state index contributed by atoms with van der Waals surface area (Å²) in [6.45, 7) is 4.62. The van der Waals surface area contributed by atoms with Crippen molar-refractivity contribution in [2.75, 3.05) is 11.9 Å². The van der Waals surface area contributed by atoms with E-state index in [9.17, 15) is 4.39 Å². The first-order valence-corrected chi connectivity index (χ1v) is 7.30. The summed E-state index contributed by atoms with van der Waals surface area (Å²) >= 11 is 3.38. The van der Waals surface area contributed by atoms with Crippen LogP contribution in [0.2, 0.25) is 0 Å². The zero-order valence-electron chi connectivity index (χ0n) is 11.3. The Morgan fingerprint density at radius 2 is 2.05 bits per heavy atom. The van der Waals surface area contributed by atoms with Crippen LogP contribution in [0.15, 0.2) is 34.8 Å². The highest BCUT2D eigenvalue weighted by molar-refractivity contribution is 9.10. The summed E-state index contributed by atoms with van der Waals surface area (Å²) in [6, 6.07) is 9.05. The number of aryl methyl sites for hydroxylation is 2. The maximum Gasteiger partial charge on any atom is 0.146 e. The van der Waals surface area contributed by atoms with Gasteiger partial charge in [0.2, 0.25) is 0 Å². The number of nitrogens with one attached hydrogen (secondary N) is 1. The fourth-order valence-corrected chi connectivity index (χ4v) is 2.94. The molecular formula is C16H15BrFNO. The van der Waals surface area contributed by atoms with Gasteiger partial charge in [0.15, 0.2) is 0 Å². The lowest BCUT2D eigenvalue weighted by Gasteiger charge is -2.29. The highest BCUT2D eigenvalue weighted by Crippen LogP contribution is 2.38. The van der Waals surface area contributed by atoms with E-state index in [2.05, 4.69) is 40.3 Å². The summed E-state index contributed by atoms with van der Waals surface area (Å²) in [6.07, 6.45) is -0.318. The molecule has 0 aliphatic carbocycles. The van der Waals surface area contributed by atoms with Crippen molar-refractivity contribution in [1.29, 1.82) is 0 Å². The van der Waals surface area contributed by atoms with Crippen LogP contribution in [0, 0.1) is 19.7 Å². The van der Waals surface area contributed by atoms with Crippen LogP contribution in [0.5, 0.6) is 5.75 Å². The van der Waals surface area contributed by atoms with Gasteiger partial charge in [0.25, 0.3) is 0 Å².